The van der Waals surface area contributed by atoms with Crippen LogP contribution >= 0.6 is 45.2 Å². The number of rotatable bonds is 14. The first-order valence-corrected chi connectivity index (χ1v) is 20.6. The Bertz CT molecular complexity index is 2500. The molecule has 0 amide bonds. The highest BCUT2D eigenvalue weighted by Gasteiger charge is 2.24. The second-order valence-electron chi connectivity index (χ2n) is 13.1. The summed E-state index contributed by atoms with van der Waals surface area (Å²) < 4.78 is 46.9. The van der Waals surface area contributed by atoms with Gasteiger partial charge in [0.05, 0.1) is 7.14 Å². The highest BCUT2D eigenvalue weighted by Crippen LogP contribution is 2.49. The van der Waals surface area contributed by atoms with Crippen LogP contribution in [0.4, 0.5) is 0 Å². The minimum Gasteiger partial charge on any atom is -0.467 e. The van der Waals surface area contributed by atoms with E-state index in [2.05, 4.69) is 118 Å². The Morgan fingerprint density at radius 2 is 0.655 bits per heavy atom. The second kappa shape index (κ2) is 19.8. The van der Waals surface area contributed by atoms with Gasteiger partial charge in [0.1, 0.15) is 23.0 Å². The van der Waals surface area contributed by atoms with E-state index in [0.717, 1.165) is 95.5 Å². The van der Waals surface area contributed by atoms with E-state index < -0.39 is 0 Å². The lowest BCUT2D eigenvalue weighted by molar-refractivity contribution is 0.0495. The Balaban J connectivity index is 0.000000177. The SMILES string of the molecule is COCOc1c(I)cc2ccccc2c1-c1c(OCOC)c(I)cc2ccccc12.COCOc1ccc2ccccc2c1-c1c(OCOC)ccc2ccccc12. The van der Waals surface area contributed by atoms with Gasteiger partial charge in [-0.15, -0.1) is 0 Å². The molecule has 0 atom stereocenters. The van der Waals surface area contributed by atoms with Crippen molar-refractivity contribution in [2.45, 2.75) is 0 Å². The molecule has 58 heavy (non-hydrogen) atoms. The summed E-state index contributed by atoms with van der Waals surface area (Å²) >= 11 is 4.65. The monoisotopic (exact) mass is 1000 g/mol. The lowest BCUT2D eigenvalue weighted by Crippen LogP contribution is -2.06. The largest absolute Gasteiger partial charge is 0.467 e. The number of methoxy groups -OCH3 is 4. The van der Waals surface area contributed by atoms with E-state index in [0.29, 0.717) is 0 Å². The Morgan fingerprint density at radius 1 is 0.345 bits per heavy atom. The molecule has 10 heteroatoms. The maximum absolute atomic E-state index is 6.11. The molecule has 0 saturated heterocycles. The molecular formula is C48H42I2O8. The van der Waals surface area contributed by atoms with Gasteiger partial charge in [-0.25, -0.2) is 0 Å². The molecule has 0 N–H and O–H groups in total. The minimum absolute atomic E-state index is 0.164. The summed E-state index contributed by atoms with van der Waals surface area (Å²) in [4.78, 5) is 0. The summed E-state index contributed by atoms with van der Waals surface area (Å²) in [5.74, 6) is 3.06. The molecule has 8 nitrogen and oxygen atoms in total. The molecule has 0 aromatic heterocycles. The third-order valence-corrected chi connectivity index (χ3v) is 11.1. The highest BCUT2D eigenvalue weighted by atomic mass is 127. The molecule has 0 saturated carbocycles. The van der Waals surface area contributed by atoms with Crippen LogP contribution < -0.4 is 18.9 Å². The fraction of sp³-hybridized carbons (Fsp3) is 0.167. The summed E-state index contributed by atoms with van der Waals surface area (Å²) in [5, 5.41) is 8.92. The van der Waals surface area contributed by atoms with E-state index in [1.807, 2.05) is 60.7 Å². The number of hydrogen-bond donors (Lipinski definition) is 0. The zero-order chi connectivity index (χ0) is 40.4. The van der Waals surface area contributed by atoms with Crippen LogP contribution in [0.1, 0.15) is 0 Å². The summed E-state index contributed by atoms with van der Waals surface area (Å²) in [7, 11) is 6.49. The van der Waals surface area contributed by atoms with E-state index in [1.54, 1.807) is 28.4 Å². The Morgan fingerprint density at radius 3 is 1.02 bits per heavy atom. The van der Waals surface area contributed by atoms with E-state index in [1.165, 1.54) is 0 Å². The van der Waals surface area contributed by atoms with Crippen LogP contribution in [0, 0.1) is 7.14 Å². The molecule has 0 unspecified atom stereocenters. The number of ether oxygens (including phenoxy) is 8. The summed E-state index contributed by atoms with van der Waals surface area (Å²) in [6.45, 7) is 0.670. The van der Waals surface area contributed by atoms with Gasteiger partial charge in [0.15, 0.2) is 27.2 Å². The van der Waals surface area contributed by atoms with E-state index >= 15 is 0 Å². The van der Waals surface area contributed by atoms with Crippen LogP contribution in [0.25, 0.3) is 65.3 Å². The van der Waals surface area contributed by atoms with Gasteiger partial charge in [-0.3, -0.25) is 0 Å². The van der Waals surface area contributed by atoms with Gasteiger partial charge in [-0.05, 0) is 113 Å². The van der Waals surface area contributed by atoms with Crippen LogP contribution in [0.5, 0.6) is 23.0 Å². The minimum atomic E-state index is 0.164. The fourth-order valence-corrected chi connectivity index (χ4v) is 8.63. The summed E-state index contributed by atoms with van der Waals surface area (Å²) in [6.07, 6.45) is 0. The highest BCUT2D eigenvalue weighted by molar-refractivity contribution is 14.1. The Kier molecular flexibility index (Phi) is 14.2. The lowest BCUT2D eigenvalue weighted by Gasteiger charge is -2.21. The normalized spacial score (nSPS) is 11.1. The molecule has 0 aliphatic heterocycles. The van der Waals surface area contributed by atoms with Crippen LogP contribution in [0.15, 0.2) is 133 Å². The molecule has 8 aromatic rings. The average Bonchev–Trinajstić information content (AvgIpc) is 3.26. The van der Waals surface area contributed by atoms with E-state index in [-0.39, 0.29) is 27.2 Å². The zero-order valence-electron chi connectivity index (χ0n) is 32.6. The molecule has 0 aliphatic carbocycles. The van der Waals surface area contributed by atoms with Gasteiger partial charge in [0.25, 0.3) is 0 Å². The number of fused-ring (bicyclic) bond motifs is 4. The second-order valence-corrected chi connectivity index (χ2v) is 15.4. The van der Waals surface area contributed by atoms with Crippen LogP contribution in [-0.2, 0) is 18.9 Å². The molecule has 0 bridgehead atoms. The van der Waals surface area contributed by atoms with Gasteiger partial charge < -0.3 is 37.9 Å². The molecule has 0 heterocycles. The van der Waals surface area contributed by atoms with Crippen molar-refractivity contribution in [1.82, 2.24) is 0 Å². The number of halogens is 2. The Labute approximate surface area is 365 Å². The molecule has 296 valence electrons. The number of hydrogen-bond acceptors (Lipinski definition) is 8. The summed E-state index contributed by atoms with van der Waals surface area (Å²) in [6, 6.07) is 45.6. The molecule has 0 fully saturated rings. The molecular weight excluding hydrogens is 958 g/mol. The van der Waals surface area contributed by atoms with Crippen molar-refractivity contribution in [2.24, 2.45) is 0 Å². The first-order valence-electron chi connectivity index (χ1n) is 18.4. The zero-order valence-corrected chi connectivity index (χ0v) is 36.9. The van der Waals surface area contributed by atoms with E-state index in [4.69, 9.17) is 37.9 Å². The maximum Gasteiger partial charge on any atom is 0.188 e. The Hall–Kier alpha value is -4.70. The van der Waals surface area contributed by atoms with Gasteiger partial charge in [0.2, 0.25) is 0 Å². The first kappa shape index (κ1) is 41.5. The van der Waals surface area contributed by atoms with Crippen molar-refractivity contribution in [1.29, 1.82) is 0 Å². The predicted molar refractivity (Wildman–Crippen MR) is 249 cm³/mol. The first-order chi connectivity index (χ1) is 28.5. The third kappa shape index (κ3) is 8.82. The van der Waals surface area contributed by atoms with Crippen molar-refractivity contribution < 1.29 is 37.9 Å². The van der Waals surface area contributed by atoms with Crippen molar-refractivity contribution in [3.8, 4) is 45.3 Å². The van der Waals surface area contributed by atoms with Crippen LogP contribution in [0.3, 0.4) is 0 Å². The molecule has 0 aliphatic rings. The van der Waals surface area contributed by atoms with E-state index in [9.17, 15) is 0 Å². The molecule has 0 radical (unpaired) electrons. The fourth-order valence-electron chi connectivity index (χ4n) is 7.11. The lowest BCUT2D eigenvalue weighted by atomic mass is 9.92. The topological polar surface area (TPSA) is 73.8 Å². The molecule has 0 spiro atoms. The van der Waals surface area contributed by atoms with Gasteiger partial charge in [-0.1, -0.05) is 109 Å². The molecule has 8 aromatic carbocycles. The quantitative estimate of drug-likeness (QED) is 0.0788. The predicted octanol–water partition coefficient (Wildman–Crippen LogP) is 12.5. The summed E-state index contributed by atoms with van der Waals surface area (Å²) in [5.41, 5.74) is 3.96. The molecule has 8 rings (SSSR count). The van der Waals surface area contributed by atoms with Crippen molar-refractivity contribution in [3.05, 3.63) is 141 Å². The van der Waals surface area contributed by atoms with Crippen LogP contribution in [0.2, 0.25) is 0 Å². The maximum atomic E-state index is 6.11. The standard InChI is InChI=1S/C24H20I2O4.C24H22O4/c1-27-13-29-23-19(25)11-15-7-3-5-9-17(15)21(23)22-18-10-6-4-8-16(18)12-20(26)24(22)30-14-28-2;1-25-15-27-21-13-11-17-7-3-5-9-19(17)23(21)24-20-10-6-4-8-18(20)12-14-22(24)28-16-26-2/h3-12H,13-14H2,1-2H3;3-14H,15-16H2,1-2H3. The van der Waals surface area contributed by atoms with Gasteiger partial charge in [0, 0.05) is 50.7 Å². The van der Waals surface area contributed by atoms with Crippen molar-refractivity contribution >= 4 is 88.3 Å². The average molecular weight is 1000 g/mol. The van der Waals surface area contributed by atoms with Crippen molar-refractivity contribution in [2.75, 3.05) is 55.6 Å². The van der Waals surface area contributed by atoms with Crippen LogP contribution in [-0.4, -0.2) is 55.6 Å². The third-order valence-electron chi connectivity index (χ3n) is 9.50. The smallest absolute Gasteiger partial charge is 0.188 e. The van der Waals surface area contributed by atoms with Crippen molar-refractivity contribution in [3.63, 3.8) is 0 Å². The number of benzene rings is 8. The van der Waals surface area contributed by atoms with Gasteiger partial charge in [-0.2, -0.15) is 0 Å². The van der Waals surface area contributed by atoms with Gasteiger partial charge >= 0.3 is 0 Å².